The molecule has 1 aromatic carbocycles. The molecule has 0 aliphatic heterocycles. The minimum Gasteiger partial charge on any atom is -0.316 e. The molecule has 4 aromatic rings. The maximum atomic E-state index is 14.6. The monoisotopic (exact) mass is 447 g/mol. The summed E-state index contributed by atoms with van der Waals surface area (Å²) in [6, 6.07) is 9.75. The van der Waals surface area contributed by atoms with E-state index in [0.717, 1.165) is 11.8 Å². The average molecular weight is 447 g/mol. The summed E-state index contributed by atoms with van der Waals surface area (Å²) in [5.74, 6) is -1.56. The summed E-state index contributed by atoms with van der Waals surface area (Å²) < 4.78 is 66.2. The smallest absolute Gasteiger partial charge is 0.295 e. The summed E-state index contributed by atoms with van der Waals surface area (Å²) in [6.07, 6.45) is -0.671. The number of sulfonamides is 1. The maximum absolute atomic E-state index is 14.6. The average Bonchev–Trinajstić information content (AvgIpc) is 3.08. The molecule has 0 saturated heterocycles. The molecule has 0 saturated carbocycles. The van der Waals surface area contributed by atoms with E-state index in [0.29, 0.717) is 22.8 Å². The largest absolute Gasteiger partial charge is 0.316 e. The topological polar surface area (TPSA) is 104 Å². The molecular weight excluding hydrogens is 431 g/mol. The van der Waals surface area contributed by atoms with Crippen molar-refractivity contribution in [3.05, 3.63) is 71.8 Å². The van der Waals surface area contributed by atoms with Gasteiger partial charge in [0, 0.05) is 17.5 Å². The minimum atomic E-state index is -4.16. The van der Waals surface area contributed by atoms with Crippen LogP contribution in [0.3, 0.4) is 0 Å². The summed E-state index contributed by atoms with van der Waals surface area (Å²) >= 11 is 0. The molecule has 0 aliphatic rings. The first kappa shape index (κ1) is 20.9. The molecule has 7 nitrogen and oxygen atoms in total. The van der Waals surface area contributed by atoms with Crippen LogP contribution in [-0.4, -0.2) is 27.9 Å². The molecule has 0 spiro atoms. The molecule has 0 atom stereocenters. The number of alkyl halides is 2. The molecule has 3 heterocycles. The van der Waals surface area contributed by atoms with E-state index in [1.54, 1.807) is 19.1 Å². The van der Waals surface area contributed by atoms with Gasteiger partial charge in [0.25, 0.3) is 6.43 Å². The molecule has 3 aromatic heterocycles. The van der Waals surface area contributed by atoms with Gasteiger partial charge in [0.2, 0.25) is 10.0 Å². The van der Waals surface area contributed by atoms with Crippen LogP contribution in [0.25, 0.3) is 22.2 Å². The number of hydrogen-bond donors (Lipinski definition) is 1. The second-order valence-electron chi connectivity index (χ2n) is 6.82. The molecule has 0 unspecified atom stereocenters. The Balaban J connectivity index is 1.95. The first-order valence-corrected chi connectivity index (χ1v) is 10.6. The van der Waals surface area contributed by atoms with Crippen molar-refractivity contribution in [3.8, 4) is 11.1 Å². The predicted octanol–water partition coefficient (Wildman–Crippen LogP) is 3.57. The number of aryl methyl sites for hydroxylation is 1. The van der Waals surface area contributed by atoms with Gasteiger partial charge in [-0.2, -0.15) is 0 Å². The third kappa shape index (κ3) is 3.89. The van der Waals surface area contributed by atoms with E-state index >= 15 is 0 Å². The van der Waals surface area contributed by atoms with Crippen molar-refractivity contribution >= 4 is 21.1 Å². The van der Waals surface area contributed by atoms with Crippen LogP contribution >= 0.6 is 0 Å². The zero-order valence-corrected chi connectivity index (χ0v) is 16.9. The first-order chi connectivity index (χ1) is 14.7. The Morgan fingerprint density at radius 3 is 2.45 bits per heavy atom. The zero-order chi connectivity index (χ0) is 22.3. The van der Waals surface area contributed by atoms with Crippen molar-refractivity contribution in [3.63, 3.8) is 0 Å². The fourth-order valence-corrected chi connectivity index (χ4v) is 3.85. The number of hydrogen-bond acceptors (Lipinski definition) is 5. The van der Waals surface area contributed by atoms with Crippen molar-refractivity contribution in [2.75, 3.05) is 0 Å². The molecule has 31 heavy (non-hydrogen) atoms. The molecule has 11 heteroatoms. The number of rotatable bonds is 5. The molecule has 4 rings (SSSR count). The van der Waals surface area contributed by atoms with Crippen LogP contribution in [0, 0.1) is 12.7 Å². The number of pyridine rings is 2. The lowest BCUT2D eigenvalue weighted by molar-refractivity contribution is 0.136. The van der Waals surface area contributed by atoms with Crippen LogP contribution in [-0.2, 0) is 16.6 Å². The molecule has 0 aliphatic carbocycles. The number of aromatic nitrogens is 4. The zero-order valence-electron chi connectivity index (χ0n) is 16.1. The lowest BCUT2D eigenvalue weighted by Crippen LogP contribution is -2.15. The third-order valence-electron chi connectivity index (χ3n) is 4.79. The van der Waals surface area contributed by atoms with E-state index in [1.807, 2.05) is 18.2 Å². The maximum Gasteiger partial charge on any atom is 0.295 e. The van der Waals surface area contributed by atoms with Gasteiger partial charge in [-0.1, -0.05) is 30.3 Å². The standard InChI is InChI=1S/C20H16F3N5O2S/c1-11-17(12-5-3-2-4-6-12)18-15(9-25-11)27-20(19(22)23)28(18)10-16-14(21)7-13(8-26-16)31(24,29)30/h2-9,19H,10H2,1H3,(H2,24,29,30). The number of nitrogens with two attached hydrogens (primary N) is 1. The van der Waals surface area contributed by atoms with Gasteiger partial charge in [0.05, 0.1) is 24.0 Å². The fourth-order valence-electron chi connectivity index (χ4n) is 3.38. The Labute approximate surface area is 175 Å². The van der Waals surface area contributed by atoms with Crippen molar-refractivity contribution in [2.24, 2.45) is 5.14 Å². The highest BCUT2D eigenvalue weighted by Crippen LogP contribution is 2.34. The lowest BCUT2D eigenvalue weighted by Gasteiger charge is -2.13. The third-order valence-corrected chi connectivity index (χ3v) is 5.67. The molecule has 0 amide bonds. The van der Waals surface area contributed by atoms with E-state index in [1.165, 1.54) is 10.8 Å². The molecule has 160 valence electrons. The van der Waals surface area contributed by atoms with E-state index < -0.39 is 39.5 Å². The SMILES string of the molecule is Cc1ncc2nc(C(F)F)n(Cc3ncc(S(N)(=O)=O)cc3F)c2c1-c1ccccc1. The summed E-state index contributed by atoms with van der Waals surface area (Å²) in [4.78, 5) is 11.6. The highest BCUT2D eigenvalue weighted by molar-refractivity contribution is 7.89. The van der Waals surface area contributed by atoms with Crippen LogP contribution in [0.1, 0.15) is 23.6 Å². The minimum absolute atomic E-state index is 0.223. The second-order valence-corrected chi connectivity index (χ2v) is 8.38. The molecule has 0 fully saturated rings. The Bertz CT molecular complexity index is 1390. The fraction of sp³-hybridized carbons (Fsp3) is 0.150. The highest BCUT2D eigenvalue weighted by atomic mass is 32.2. The number of imidazole rings is 1. The molecule has 0 bridgehead atoms. The summed E-state index contributed by atoms with van der Waals surface area (Å²) in [6.45, 7) is 1.34. The molecule has 0 radical (unpaired) electrons. The molecular formula is C20H16F3N5O2S. The molecule has 2 N–H and O–H groups in total. The first-order valence-electron chi connectivity index (χ1n) is 9.03. The quantitative estimate of drug-likeness (QED) is 0.504. The van der Waals surface area contributed by atoms with Crippen LogP contribution in [0.5, 0.6) is 0 Å². The number of benzene rings is 1. The van der Waals surface area contributed by atoms with Gasteiger partial charge in [0.15, 0.2) is 5.82 Å². The van der Waals surface area contributed by atoms with Gasteiger partial charge in [-0.15, -0.1) is 0 Å². The Morgan fingerprint density at radius 1 is 1.13 bits per heavy atom. The Kier molecular flexibility index (Phi) is 5.23. The van der Waals surface area contributed by atoms with E-state index in [9.17, 15) is 21.6 Å². The van der Waals surface area contributed by atoms with Crippen LogP contribution in [0.15, 0.2) is 53.7 Å². The van der Waals surface area contributed by atoms with E-state index in [4.69, 9.17) is 5.14 Å². The van der Waals surface area contributed by atoms with Crippen molar-refractivity contribution < 1.29 is 21.6 Å². The van der Waals surface area contributed by atoms with Gasteiger partial charge in [-0.05, 0) is 18.6 Å². The van der Waals surface area contributed by atoms with Gasteiger partial charge < -0.3 is 4.57 Å². The number of fused-ring (bicyclic) bond motifs is 1. The van der Waals surface area contributed by atoms with E-state index in [-0.39, 0.29) is 11.2 Å². The summed E-state index contributed by atoms with van der Waals surface area (Å²) in [5, 5.41) is 5.00. The number of nitrogens with zero attached hydrogens (tertiary/aromatic N) is 4. The highest BCUT2D eigenvalue weighted by Gasteiger charge is 2.24. The van der Waals surface area contributed by atoms with Crippen molar-refractivity contribution in [1.29, 1.82) is 0 Å². The number of halogens is 3. The van der Waals surface area contributed by atoms with Crippen LogP contribution in [0.2, 0.25) is 0 Å². The lowest BCUT2D eigenvalue weighted by atomic mass is 10.0. The number of primary sulfonamides is 1. The van der Waals surface area contributed by atoms with Crippen LogP contribution in [0.4, 0.5) is 13.2 Å². The van der Waals surface area contributed by atoms with Gasteiger partial charge >= 0.3 is 0 Å². The normalized spacial score (nSPS) is 12.1. The van der Waals surface area contributed by atoms with Crippen LogP contribution < -0.4 is 5.14 Å². The van der Waals surface area contributed by atoms with Gasteiger partial charge in [-0.25, -0.2) is 31.7 Å². The second kappa shape index (κ2) is 7.75. The predicted molar refractivity (Wildman–Crippen MR) is 107 cm³/mol. The summed E-state index contributed by atoms with van der Waals surface area (Å²) in [7, 11) is -4.16. The van der Waals surface area contributed by atoms with Gasteiger partial charge in [-0.3, -0.25) is 9.97 Å². The summed E-state index contributed by atoms with van der Waals surface area (Å²) in [5.41, 5.74) is 2.24. The Hall–Kier alpha value is -3.31. The van der Waals surface area contributed by atoms with Crippen molar-refractivity contribution in [2.45, 2.75) is 24.8 Å². The Morgan fingerprint density at radius 2 is 1.84 bits per heavy atom. The van der Waals surface area contributed by atoms with Gasteiger partial charge in [0.1, 0.15) is 16.2 Å². The van der Waals surface area contributed by atoms with E-state index in [2.05, 4.69) is 15.0 Å². The van der Waals surface area contributed by atoms with Crippen molar-refractivity contribution in [1.82, 2.24) is 19.5 Å².